The summed E-state index contributed by atoms with van der Waals surface area (Å²) in [5.41, 5.74) is 0.497. The van der Waals surface area contributed by atoms with Crippen molar-refractivity contribution in [3.05, 3.63) is 24.5 Å². The summed E-state index contributed by atoms with van der Waals surface area (Å²) < 4.78 is 11.7. The minimum Gasteiger partial charge on any atom is -0.498 e. The van der Waals surface area contributed by atoms with E-state index in [2.05, 4.69) is 24.9 Å². The molecule has 4 fully saturated rings. The molecular formula is C20H28O3S. The van der Waals surface area contributed by atoms with Crippen molar-refractivity contribution in [3.63, 3.8) is 0 Å². The molecule has 4 aliphatic rings. The molecule has 0 aromatic rings. The van der Waals surface area contributed by atoms with Crippen molar-refractivity contribution in [2.24, 2.45) is 23.7 Å². The molecule has 0 aromatic carbocycles. The SMILES string of the molecule is C=C(C)C(=O)OC1C2CC(C3COC(=C)C32)C1SC1CCCCC1. The molecule has 3 saturated carbocycles. The average Bonchev–Trinajstić information content (AvgIpc) is 3.22. The van der Waals surface area contributed by atoms with Gasteiger partial charge < -0.3 is 9.47 Å². The molecule has 1 saturated heterocycles. The van der Waals surface area contributed by atoms with Crippen molar-refractivity contribution in [2.75, 3.05) is 6.61 Å². The summed E-state index contributed by atoms with van der Waals surface area (Å²) in [5, 5.41) is 1.16. The van der Waals surface area contributed by atoms with Crippen molar-refractivity contribution in [3.8, 4) is 0 Å². The van der Waals surface area contributed by atoms with Gasteiger partial charge in [-0.25, -0.2) is 4.79 Å². The number of carbonyl (C=O) groups is 1. The minimum atomic E-state index is -0.233. The molecule has 6 atom stereocenters. The van der Waals surface area contributed by atoms with Gasteiger partial charge in [0, 0.05) is 33.8 Å². The fourth-order valence-electron chi connectivity index (χ4n) is 5.41. The lowest BCUT2D eigenvalue weighted by Gasteiger charge is -2.38. The second-order valence-corrected chi connectivity index (χ2v) is 9.52. The first-order valence-corrected chi connectivity index (χ1v) is 10.3. The van der Waals surface area contributed by atoms with Gasteiger partial charge >= 0.3 is 5.97 Å². The molecule has 1 heterocycles. The van der Waals surface area contributed by atoms with E-state index in [1.165, 1.54) is 32.1 Å². The Morgan fingerprint density at radius 3 is 2.67 bits per heavy atom. The first-order valence-electron chi connectivity index (χ1n) is 9.40. The standard InChI is InChI=1S/C20H28O3S/c1-11(2)20(21)23-18-15-9-14(16-10-22-12(3)17(15)16)19(18)24-13-7-5-4-6-8-13/h13-19H,1,3-10H2,2H3. The number of fused-ring (bicyclic) bond motifs is 5. The van der Waals surface area contributed by atoms with Gasteiger partial charge in [-0.2, -0.15) is 11.8 Å². The van der Waals surface area contributed by atoms with Crippen LogP contribution < -0.4 is 0 Å². The molecule has 6 unspecified atom stereocenters. The van der Waals surface area contributed by atoms with Crippen LogP contribution in [0.2, 0.25) is 0 Å². The van der Waals surface area contributed by atoms with Crippen LogP contribution in [-0.4, -0.2) is 29.2 Å². The van der Waals surface area contributed by atoms with E-state index in [9.17, 15) is 4.79 Å². The molecular weight excluding hydrogens is 320 g/mol. The second kappa shape index (κ2) is 6.44. The van der Waals surface area contributed by atoms with Crippen LogP contribution in [0.15, 0.2) is 24.5 Å². The largest absolute Gasteiger partial charge is 0.498 e. The van der Waals surface area contributed by atoms with Crippen molar-refractivity contribution in [1.29, 1.82) is 0 Å². The van der Waals surface area contributed by atoms with Crippen molar-refractivity contribution < 1.29 is 14.3 Å². The van der Waals surface area contributed by atoms with Crippen LogP contribution in [0.1, 0.15) is 45.4 Å². The van der Waals surface area contributed by atoms with Gasteiger partial charge in [-0.1, -0.05) is 32.4 Å². The lowest BCUT2D eigenvalue weighted by Crippen LogP contribution is -2.43. The van der Waals surface area contributed by atoms with Crippen molar-refractivity contribution in [2.45, 2.75) is 62.1 Å². The highest BCUT2D eigenvalue weighted by atomic mass is 32.2. The third-order valence-corrected chi connectivity index (χ3v) is 8.30. The van der Waals surface area contributed by atoms with Gasteiger partial charge in [-0.3, -0.25) is 0 Å². The molecule has 1 aliphatic heterocycles. The fourth-order valence-corrected chi connectivity index (χ4v) is 7.38. The van der Waals surface area contributed by atoms with E-state index in [1.54, 1.807) is 6.92 Å². The van der Waals surface area contributed by atoms with E-state index in [1.807, 2.05) is 0 Å². The zero-order valence-corrected chi connectivity index (χ0v) is 15.4. The van der Waals surface area contributed by atoms with E-state index in [0.717, 1.165) is 24.0 Å². The Hall–Kier alpha value is -0.900. The summed E-state index contributed by atoms with van der Waals surface area (Å²) >= 11 is 2.11. The van der Waals surface area contributed by atoms with Crippen LogP contribution in [0.3, 0.4) is 0 Å². The number of ether oxygens (including phenoxy) is 2. The number of hydrogen-bond acceptors (Lipinski definition) is 4. The molecule has 132 valence electrons. The summed E-state index contributed by atoms with van der Waals surface area (Å²) in [6.07, 6.45) is 7.87. The van der Waals surface area contributed by atoms with E-state index in [-0.39, 0.29) is 12.1 Å². The molecule has 0 spiro atoms. The number of allylic oxidation sites excluding steroid dienone is 1. The van der Waals surface area contributed by atoms with Gasteiger partial charge in [-0.05, 0) is 32.1 Å². The molecule has 0 amide bonds. The number of hydrogen-bond donors (Lipinski definition) is 0. The van der Waals surface area contributed by atoms with Gasteiger partial charge in [0.1, 0.15) is 6.10 Å². The fraction of sp³-hybridized carbons (Fsp3) is 0.750. The zero-order valence-electron chi connectivity index (χ0n) is 14.5. The Kier molecular flexibility index (Phi) is 4.44. The summed E-state index contributed by atoms with van der Waals surface area (Å²) in [6, 6.07) is 0. The normalized spacial score (nSPS) is 41.1. The topological polar surface area (TPSA) is 35.5 Å². The Morgan fingerprint density at radius 1 is 1.21 bits per heavy atom. The van der Waals surface area contributed by atoms with Crippen LogP contribution in [0.25, 0.3) is 0 Å². The molecule has 4 heteroatoms. The van der Waals surface area contributed by atoms with Crippen LogP contribution in [0.4, 0.5) is 0 Å². The quantitative estimate of drug-likeness (QED) is 0.559. The smallest absolute Gasteiger partial charge is 0.333 e. The predicted octanol–water partition coefficient (Wildman–Crippen LogP) is 4.33. The van der Waals surface area contributed by atoms with Crippen molar-refractivity contribution in [1.82, 2.24) is 0 Å². The molecule has 0 radical (unpaired) electrons. The Morgan fingerprint density at radius 2 is 1.96 bits per heavy atom. The zero-order chi connectivity index (χ0) is 16.8. The average molecular weight is 349 g/mol. The highest BCUT2D eigenvalue weighted by Crippen LogP contribution is 2.62. The Labute approximate surface area is 149 Å². The van der Waals surface area contributed by atoms with Crippen LogP contribution >= 0.6 is 11.8 Å². The summed E-state index contributed by atoms with van der Waals surface area (Å²) in [4.78, 5) is 12.2. The lowest BCUT2D eigenvalue weighted by molar-refractivity contribution is -0.147. The monoisotopic (exact) mass is 348 g/mol. The van der Waals surface area contributed by atoms with Gasteiger partial charge in [0.05, 0.1) is 12.4 Å². The summed E-state index contributed by atoms with van der Waals surface area (Å²) in [7, 11) is 0. The number of carbonyl (C=O) groups excluding carboxylic acids is 1. The number of rotatable bonds is 4. The molecule has 3 nitrogen and oxygen atoms in total. The summed E-state index contributed by atoms with van der Waals surface area (Å²) in [5.74, 6) is 2.66. The highest BCUT2D eigenvalue weighted by Gasteiger charge is 2.63. The van der Waals surface area contributed by atoms with Gasteiger partial charge in [0.25, 0.3) is 0 Å². The van der Waals surface area contributed by atoms with E-state index >= 15 is 0 Å². The van der Waals surface area contributed by atoms with Crippen molar-refractivity contribution >= 4 is 17.7 Å². The molecule has 0 aromatic heterocycles. The molecule has 4 rings (SSSR count). The van der Waals surface area contributed by atoms with Gasteiger partial charge in [0.2, 0.25) is 0 Å². The maximum Gasteiger partial charge on any atom is 0.333 e. The van der Waals surface area contributed by atoms with E-state index < -0.39 is 0 Å². The second-order valence-electron chi connectivity index (χ2n) is 8.04. The maximum absolute atomic E-state index is 12.2. The first-order chi connectivity index (χ1) is 11.6. The maximum atomic E-state index is 12.2. The lowest BCUT2D eigenvalue weighted by atomic mass is 9.78. The minimum absolute atomic E-state index is 0.00539. The van der Waals surface area contributed by atoms with E-state index in [4.69, 9.17) is 9.47 Å². The Balaban J connectivity index is 1.54. The predicted molar refractivity (Wildman–Crippen MR) is 96.6 cm³/mol. The highest BCUT2D eigenvalue weighted by molar-refractivity contribution is 8.00. The van der Waals surface area contributed by atoms with Gasteiger partial charge in [-0.15, -0.1) is 0 Å². The van der Waals surface area contributed by atoms with Crippen LogP contribution in [-0.2, 0) is 14.3 Å². The molecule has 24 heavy (non-hydrogen) atoms. The van der Waals surface area contributed by atoms with Crippen LogP contribution in [0.5, 0.6) is 0 Å². The Bertz CT molecular complexity index is 551. The molecule has 0 N–H and O–H groups in total. The third-order valence-electron chi connectivity index (χ3n) is 6.51. The third kappa shape index (κ3) is 2.71. The first kappa shape index (κ1) is 16.6. The molecule has 3 aliphatic carbocycles. The molecule has 2 bridgehead atoms. The summed E-state index contributed by atoms with van der Waals surface area (Å²) in [6.45, 7) is 10.4. The van der Waals surface area contributed by atoms with Crippen LogP contribution in [0, 0.1) is 23.7 Å². The number of thioether (sulfide) groups is 1. The number of esters is 1. The van der Waals surface area contributed by atoms with Gasteiger partial charge in [0.15, 0.2) is 0 Å². The van der Waals surface area contributed by atoms with E-state index in [0.29, 0.717) is 34.5 Å².